The van der Waals surface area contributed by atoms with Crippen molar-refractivity contribution < 1.29 is 14.3 Å². The average molecular weight is 374 g/mol. The number of carbonyl (C=O) groups is 1. The maximum Gasteiger partial charge on any atom is 0.230 e. The lowest BCUT2D eigenvalue weighted by Gasteiger charge is -2.36. The lowest BCUT2D eigenvalue weighted by molar-refractivity contribution is -0.130. The van der Waals surface area contributed by atoms with Crippen LogP contribution >= 0.6 is 11.6 Å². The Labute approximate surface area is 159 Å². The van der Waals surface area contributed by atoms with E-state index in [1.165, 1.54) is 0 Å². The lowest BCUT2D eigenvalue weighted by atomic mass is 9.73. The van der Waals surface area contributed by atoms with Crippen molar-refractivity contribution in [2.24, 2.45) is 0 Å². The summed E-state index contributed by atoms with van der Waals surface area (Å²) in [6.07, 6.45) is 1.38. The molecule has 0 bridgehead atoms. The van der Waals surface area contributed by atoms with E-state index in [0.717, 1.165) is 11.1 Å². The zero-order chi connectivity index (χ0) is 18.4. The van der Waals surface area contributed by atoms with Crippen molar-refractivity contribution >= 4 is 17.5 Å². The molecule has 0 aromatic heterocycles. The summed E-state index contributed by atoms with van der Waals surface area (Å²) in [5, 5.41) is 3.71. The van der Waals surface area contributed by atoms with Crippen LogP contribution in [0.25, 0.3) is 0 Å². The van der Waals surface area contributed by atoms with Crippen LogP contribution in [0.2, 0.25) is 5.02 Å². The Bertz CT molecular complexity index is 742. The van der Waals surface area contributed by atoms with Crippen molar-refractivity contribution in [3.63, 3.8) is 0 Å². The number of benzene rings is 2. The molecule has 0 spiro atoms. The van der Waals surface area contributed by atoms with Crippen molar-refractivity contribution in [1.82, 2.24) is 5.32 Å². The SMILES string of the molecule is Cc1ccc(OCCNC(=O)C2(c3ccccc3)CCOCC2)cc1Cl. The molecule has 0 saturated carbocycles. The third-order valence-electron chi connectivity index (χ3n) is 4.91. The van der Waals surface area contributed by atoms with E-state index in [1.807, 2.05) is 49.4 Å². The Morgan fingerprint density at radius 3 is 2.62 bits per heavy atom. The molecule has 1 aliphatic rings. The first-order valence-electron chi connectivity index (χ1n) is 8.92. The monoisotopic (exact) mass is 373 g/mol. The Balaban J connectivity index is 1.59. The maximum absolute atomic E-state index is 13.0. The van der Waals surface area contributed by atoms with Gasteiger partial charge in [0.2, 0.25) is 5.91 Å². The maximum atomic E-state index is 13.0. The van der Waals surface area contributed by atoms with Crippen molar-refractivity contribution in [2.45, 2.75) is 25.2 Å². The molecule has 2 aromatic rings. The van der Waals surface area contributed by atoms with Gasteiger partial charge < -0.3 is 14.8 Å². The average Bonchev–Trinajstić information content (AvgIpc) is 2.69. The largest absolute Gasteiger partial charge is 0.492 e. The van der Waals surface area contributed by atoms with Crippen molar-refractivity contribution in [1.29, 1.82) is 0 Å². The quantitative estimate of drug-likeness (QED) is 0.781. The van der Waals surface area contributed by atoms with Gasteiger partial charge in [0.1, 0.15) is 12.4 Å². The van der Waals surface area contributed by atoms with Gasteiger partial charge in [0, 0.05) is 18.2 Å². The van der Waals surface area contributed by atoms with Gasteiger partial charge in [-0.15, -0.1) is 0 Å². The van der Waals surface area contributed by atoms with E-state index in [2.05, 4.69) is 5.32 Å². The normalized spacial score (nSPS) is 16.1. The number of halogens is 1. The van der Waals surface area contributed by atoms with Gasteiger partial charge in [-0.1, -0.05) is 48.0 Å². The third-order valence-corrected chi connectivity index (χ3v) is 5.31. The molecular formula is C21H24ClNO3. The van der Waals surface area contributed by atoms with Crippen LogP contribution in [0.1, 0.15) is 24.0 Å². The van der Waals surface area contributed by atoms with Gasteiger partial charge in [-0.3, -0.25) is 4.79 Å². The minimum absolute atomic E-state index is 0.0394. The molecule has 5 heteroatoms. The number of carbonyl (C=O) groups excluding carboxylic acids is 1. The Morgan fingerprint density at radius 1 is 1.19 bits per heavy atom. The molecule has 3 rings (SSSR count). The van der Waals surface area contributed by atoms with Crippen LogP contribution in [0.4, 0.5) is 0 Å². The van der Waals surface area contributed by atoms with Gasteiger partial charge in [0.15, 0.2) is 0 Å². The van der Waals surface area contributed by atoms with Crippen LogP contribution < -0.4 is 10.1 Å². The molecule has 1 aliphatic heterocycles. The van der Waals surface area contributed by atoms with Gasteiger partial charge in [0.25, 0.3) is 0 Å². The smallest absolute Gasteiger partial charge is 0.230 e. The topological polar surface area (TPSA) is 47.6 Å². The molecule has 26 heavy (non-hydrogen) atoms. The van der Waals surface area contributed by atoms with E-state index in [4.69, 9.17) is 21.1 Å². The molecule has 0 aliphatic carbocycles. The summed E-state index contributed by atoms with van der Waals surface area (Å²) >= 11 is 6.10. The Morgan fingerprint density at radius 2 is 1.92 bits per heavy atom. The fourth-order valence-corrected chi connectivity index (χ4v) is 3.46. The molecule has 4 nitrogen and oxygen atoms in total. The van der Waals surface area contributed by atoms with Gasteiger partial charge in [-0.2, -0.15) is 0 Å². The minimum atomic E-state index is -0.521. The first-order valence-corrected chi connectivity index (χ1v) is 9.30. The highest BCUT2D eigenvalue weighted by molar-refractivity contribution is 6.31. The highest BCUT2D eigenvalue weighted by Gasteiger charge is 2.41. The summed E-state index contributed by atoms with van der Waals surface area (Å²) in [6.45, 7) is 3.98. The highest BCUT2D eigenvalue weighted by Crippen LogP contribution is 2.35. The molecule has 1 N–H and O–H groups in total. The van der Waals surface area contributed by atoms with Crippen LogP contribution in [0, 0.1) is 6.92 Å². The standard InChI is InChI=1S/C21H24ClNO3/c1-16-7-8-18(15-19(16)22)26-14-11-23-20(24)21(9-12-25-13-10-21)17-5-3-2-4-6-17/h2-8,15H,9-14H2,1H3,(H,23,24). The van der Waals surface area contributed by atoms with E-state index >= 15 is 0 Å². The van der Waals surface area contributed by atoms with Gasteiger partial charge in [-0.05, 0) is 43.0 Å². The fourth-order valence-electron chi connectivity index (χ4n) is 3.29. The van der Waals surface area contributed by atoms with E-state index in [-0.39, 0.29) is 5.91 Å². The van der Waals surface area contributed by atoms with Crippen LogP contribution in [0.15, 0.2) is 48.5 Å². The molecule has 1 amide bonds. The van der Waals surface area contributed by atoms with Gasteiger partial charge in [0.05, 0.1) is 12.0 Å². The fraction of sp³-hybridized carbons (Fsp3) is 0.381. The third kappa shape index (κ3) is 4.19. The van der Waals surface area contributed by atoms with Crippen molar-refractivity contribution in [3.05, 3.63) is 64.7 Å². The van der Waals surface area contributed by atoms with Crippen LogP contribution in [0.3, 0.4) is 0 Å². The number of aryl methyl sites for hydroxylation is 1. The second-order valence-corrected chi connectivity index (χ2v) is 6.98. The second kappa shape index (κ2) is 8.56. The Hall–Kier alpha value is -2.04. The predicted octanol–water partition coefficient (Wildman–Crippen LogP) is 3.89. The molecule has 2 aromatic carbocycles. The molecule has 1 saturated heterocycles. The number of ether oxygens (including phenoxy) is 2. The van der Waals surface area contributed by atoms with Crippen LogP contribution in [-0.2, 0) is 14.9 Å². The van der Waals surface area contributed by atoms with Gasteiger partial charge in [-0.25, -0.2) is 0 Å². The molecule has 0 radical (unpaired) electrons. The highest BCUT2D eigenvalue weighted by atomic mass is 35.5. The first kappa shape index (κ1) is 18.7. The predicted molar refractivity (Wildman–Crippen MR) is 103 cm³/mol. The molecule has 0 unspecified atom stereocenters. The van der Waals surface area contributed by atoms with Crippen LogP contribution in [0.5, 0.6) is 5.75 Å². The molecule has 138 valence electrons. The lowest BCUT2D eigenvalue weighted by Crippen LogP contribution is -2.48. The van der Waals surface area contributed by atoms with Gasteiger partial charge >= 0.3 is 0 Å². The number of hydrogen-bond acceptors (Lipinski definition) is 3. The molecular weight excluding hydrogens is 350 g/mol. The van der Waals surface area contributed by atoms with E-state index < -0.39 is 5.41 Å². The Kier molecular flexibility index (Phi) is 6.17. The second-order valence-electron chi connectivity index (χ2n) is 6.58. The van der Waals surface area contributed by atoms with Crippen LogP contribution in [-0.4, -0.2) is 32.3 Å². The first-order chi connectivity index (χ1) is 12.6. The summed E-state index contributed by atoms with van der Waals surface area (Å²) < 4.78 is 11.2. The number of amides is 1. The van der Waals surface area contributed by atoms with E-state index in [1.54, 1.807) is 6.07 Å². The number of nitrogens with one attached hydrogen (secondary N) is 1. The minimum Gasteiger partial charge on any atom is -0.492 e. The summed E-state index contributed by atoms with van der Waals surface area (Å²) in [5.74, 6) is 0.747. The molecule has 1 fully saturated rings. The van der Waals surface area contributed by atoms with Crippen molar-refractivity contribution in [3.8, 4) is 5.75 Å². The van der Waals surface area contributed by atoms with E-state index in [0.29, 0.717) is 50.0 Å². The number of hydrogen-bond donors (Lipinski definition) is 1. The molecule has 1 heterocycles. The summed E-state index contributed by atoms with van der Waals surface area (Å²) in [7, 11) is 0. The summed E-state index contributed by atoms with van der Waals surface area (Å²) in [5.41, 5.74) is 1.54. The summed E-state index contributed by atoms with van der Waals surface area (Å²) in [6, 6.07) is 15.6. The summed E-state index contributed by atoms with van der Waals surface area (Å²) in [4.78, 5) is 13.0. The van der Waals surface area contributed by atoms with Crippen molar-refractivity contribution in [2.75, 3.05) is 26.4 Å². The van der Waals surface area contributed by atoms with E-state index in [9.17, 15) is 4.79 Å². The zero-order valence-corrected chi connectivity index (χ0v) is 15.7. The number of rotatable bonds is 6. The zero-order valence-electron chi connectivity index (χ0n) is 15.0. The molecule has 0 atom stereocenters.